The highest BCUT2D eigenvalue weighted by molar-refractivity contribution is 5.81. The van der Waals surface area contributed by atoms with Crippen LogP contribution in [-0.2, 0) is 0 Å². The standard InChI is InChI=1S/C29H39N/c1-7-23-14-16-26-27-17-15-24(8-2)20-29(27)25(28(26)19-23)13-11-9-10-12-18-30(21(3)4)22(5)6/h7-8,14-17,19-22,25H,1-2,9-13,18H2,3-6H3. The van der Waals surface area contributed by atoms with Gasteiger partial charge in [-0.3, -0.25) is 4.90 Å². The van der Waals surface area contributed by atoms with Gasteiger partial charge in [-0.25, -0.2) is 0 Å². The van der Waals surface area contributed by atoms with Crippen LogP contribution in [0.25, 0.3) is 23.3 Å². The Labute approximate surface area is 184 Å². The molecule has 1 nitrogen and oxygen atoms in total. The molecular weight excluding hydrogens is 362 g/mol. The summed E-state index contributed by atoms with van der Waals surface area (Å²) in [6.45, 7) is 18.4. The third-order valence-electron chi connectivity index (χ3n) is 6.65. The van der Waals surface area contributed by atoms with Crippen LogP contribution in [0.4, 0.5) is 0 Å². The molecule has 0 bridgehead atoms. The summed E-state index contributed by atoms with van der Waals surface area (Å²) < 4.78 is 0. The van der Waals surface area contributed by atoms with E-state index in [-0.39, 0.29) is 0 Å². The molecule has 2 aromatic carbocycles. The normalized spacial score (nSPS) is 13.2. The summed E-state index contributed by atoms with van der Waals surface area (Å²) in [4.78, 5) is 2.61. The second-order valence-corrected chi connectivity index (χ2v) is 9.28. The predicted octanol–water partition coefficient (Wildman–Crippen LogP) is 8.15. The van der Waals surface area contributed by atoms with Crippen LogP contribution >= 0.6 is 0 Å². The molecule has 0 aromatic heterocycles. The zero-order valence-corrected chi connectivity index (χ0v) is 19.5. The van der Waals surface area contributed by atoms with Crippen molar-refractivity contribution in [3.8, 4) is 11.1 Å². The Morgan fingerprint density at radius 1 is 0.767 bits per heavy atom. The first-order valence-corrected chi connectivity index (χ1v) is 11.7. The molecule has 1 aliphatic carbocycles. The van der Waals surface area contributed by atoms with E-state index in [4.69, 9.17) is 0 Å². The first-order chi connectivity index (χ1) is 14.5. The molecule has 0 spiro atoms. The van der Waals surface area contributed by atoms with E-state index < -0.39 is 0 Å². The average Bonchev–Trinajstić information content (AvgIpc) is 3.04. The topological polar surface area (TPSA) is 3.24 Å². The third kappa shape index (κ3) is 4.95. The minimum Gasteiger partial charge on any atom is -0.299 e. The summed E-state index contributed by atoms with van der Waals surface area (Å²) >= 11 is 0. The van der Waals surface area contributed by atoms with E-state index in [1.807, 2.05) is 12.2 Å². The minimum absolute atomic E-state index is 0.498. The van der Waals surface area contributed by atoms with Crippen LogP contribution in [0.5, 0.6) is 0 Å². The minimum atomic E-state index is 0.498. The number of nitrogens with zero attached hydrogens (tertiary/aromatic N) is 1. The largest absolute Gasteiger partial charge is 0.299 e. The van der Waals surface area contributed by atoms with Crippen LogP contribution in [0.1, 0.15) is 88.0 Å². The van der Waals surface area contributed by atoms with Gasteiger partial charge < -0.3 is 0 Å². The van der Waals surface area contributed by atoms with Gasteiger partial charge in [0, 0.05) is 18.0 Å². The molecule has 0 amide bonds. The molecule has 0 aliphatic heterocycles. The quantitative estimate of drug-likeness (QED) is 0.343. The van der Waals surface area contributed by atoms with Crippen molar-refractivity contribution in [1.82, 2.24) is 4.90 Å². The smallest absolute Gasteiger partial charge is 0.0102 e. The monoisotopic (exact) mass is 401 g/mol. The Balaban J connectivity index is 1.64. The van der Waals surface area contributed by atoms with Gasteiger partial charge in [-0.05, 0) is 80.5 Å². The lowest BCUT2D eigenvalue weighted by atomic mass is 9.89. The van der Waals surface area contributed by atoms with Crippen LogP contribution in [0.3, 0.4) is 0 Å². The van der Waals surface area contributed by atoms with E-state index in [0.29, 0.717) is 18.0 Å². The van der Waals surface area contributed by atoms with E-state index in [2.05, 4.69) is 82.2 Å². The van der Waals surface area contributed by atoms with E-state index in [9.17, 15) is 0 Å². The van der Waals surface area contributed by atoms with Crippen molar-refractivity contribution >= 4 is 12.2 Å². The molecule has 0 N–H and O–H groups in total. The average molecular weight is 402 g/mol. The molecule has 3 rings (SSSR count). The number of fused-ring (bicyclic) bond motifs is 3. The van der Waals surface area contributed by atoms with E-state index in [1.165, 1.54) is 72.0 Å². The van der Waals surface area contributed by atoms with Gasteiger partial charge in [-0.2, -0.15) is 0 Å². The molecule has 2 aromatic rings. The molecule has 1 heteroatoms. The van der Waals surface area contributed by atoms with Crippen molar-refractivity contribution in [2.75, 3.05) is 6.54 Å². The highest BCUT2D eigenvalue weighted by Crippen LogP contribution is 2.47. The zero-order valence-electron chi connectivity index (χ0n) is 19.5. The molecule has 0 heterocycles. The lowest BCUT2D eigenvalue weighted by Crippen LogP contribution is -2.37. The van der Waals surface area contributed by atoms with Gasteiger partial charge in [0.1, 0.15) is 0 Å². The number of benzene rings is 2. The Hall–Kier alpha value is -2.12. The maximum Gasteiger partial charge on any atom is 0.0102 e. The third-order valence-corrected chi connectivity index (χ3v) is 6.65. The molecule has 0 atom stereocenters. The molecule has 0 radical (unpaired) electrons. The van der Waals surface area contributed by atoms with Crippen molar-refractivity contribution in [1.29, 1.82) is 0 Å². The summed E-state index contributed by atoms with van der Waals surface area (Å²) in [6, 6.07) is 14.9. The van der Waals surface area contributed by atoms with E-state index in [1.54, 1.807) is 0 Å². The zero-order chi connectivity index (χ0) is 21.7. The van der Waals surface area contributed by atoms with E-state index >= 15 is 0 Å². The fourth-order valence-corrected chi connectivity index (χ4v) is 5.07. The Morgan fingerprint density at radius 3 is 1.73 bits per heavy atom. The number of unbranched alkanes of at least 4 members (excludes halogenated alkanes) is 3. The second-order valence-electron chi connectivity index (χ2n) is 9.28. The van der Waals surface area contributed by atoms with Crippen LogP contribution in [0, 0.1) is 0 Å². The summed E-state index contributed by atoms with van der Waals surface area (Å²) in [5.74, 6) is 0.498. The van der Waals surface area contributed by atoms with Crippen LogP contribution in [0.2, 0.25) is 0 Å². The fourth-order valence-electron chi connectivity index (χ4n) is 5.07. The summed E-state index contributed by atoms with van der Waals surface area (Å²) in [6.07, 6.45) is 10.4. The molecule has 0 saturated heterocycles. The summed E-state index contributed by atoms with van der Waals surface area (Å²) in [5, 5.41) is 0. The molecule has 160 valence electrons. The Kier molecular flexibility index (Phi) is 7.72. The highest BCUT2D eigenvalue weighted by atomic mass is 15.2. The lowest BCUT2D eigenvalue weighted by Gasteiger charge is -2.30. The van der Waals surface area contributed by atoms with Gasteiger partial charge in [-0.15, -0.1) is 0 Å². The number of rotatable bonds is 11. The predicted molar refractivity (Wildman–Crippen MR) is 134 cm³/mol. The molecule has 1 aliphatic rings. The fraction of sp³-hybridized carbons (Fsp3) is 0.448. The highest BCUT2D eigenvalue weighted by Gasteiger charge is 2.28. The van der Waals surface area contributed by atoms with Gasteiger partial charge >= 0.3 is 0 Å². The van der Waals surface area contributed by atoms with Crippen LogP contribution < -0.4 is 0 Å². The molecule has 0 fully saturated rings. The van der Waals surface area contributed by atoms with Gasteiger partial charge in [0.25, 0.3) is 0 Å². The first-order valence-electron chi connectivity index (χ1n) is 11.7. The van der Waals surface area contributed by atoms with Gasteiger partial charge in [-0.1, -0.05) is 81.0 Å². The maximum absolute atomic E-state index is 3.98. The van der Waals surface area contributed by atoms with E-state index in [0.717, 1.165) is 0 Å². The molecule has 0 unspecified atom stereocenters. The second kappa shape index (κ2) is 10.3. The van der Waals surface area contributed by atoms with Gasteiger partial charge in [0.2, 0.25) is 0 Å². The lowest BCUT2D eigenvalue weighted by molar-refractivity contribution is 0.171. The van der Waals surface area contributed by atoms with Crippen molar-refractivity contribution < 1.29 is 0 Å². The Bertz CT molecular complexity index is 808. The SMILES string of the molecule is C=Cc1ccc2c(c1)C(CCCCCCN(C(C)C)C(C)C)c1cc(C=C)ccc1-2. The van der Waals surface area contributed by atoms with Crippen molar-refractivity contribution in [2.24, 2.45) is 0 Å². The summed E-state index contributed by atoms with van der Waals surface area (Å²) in [5.41, 5.74) is 8.21. The molecular formula is C29H39N. The van der Waals surface area contributed by atoms with Crippen molar-refractivity contribution in [3.63, 3.8) is 0 Å². The maximum atomic E-state index is 3.98. The van der Waals surface area contributed by atoms with Crippen molar-refractivity contribution in [3.05, 3.63) is 71.8 Å². The van der Waals surface area contributed by atoms with Crippen molar-refractivity contribution in [2.45, 2.75) is 77.8 Å². The van der Waals surface area contributed by atoms with Crippen LogP contribution in [0.15, 0.2) is 49.6 Å². The van der Waals surface area contributed by atoms with Gasteiger partial charge in [0.05, 0.1) is 0 Å². The van der Waals surface area contributed by atoms with Crippen LogP contribution in [-0.4, -0.2) is 23.5 Å². The summed E-state index contributed by atoms with van der Waals surface area (Å²) in [7, 11) is 0. The number of hydrogen-bond acceptors (Lipinski definition) is 1. The molecule has 0 saturated carbocycles. The first kappa shape index (κ1) is 22.6. The number of hydrogen-bond donors (Lipinski definition) is 0. The van der Waals surface area contributed by atoms with Gasteiger partial charge in [0.15, 0.2) is 0 Å². The Morgan fingerprint density at radius 2 is 1.27 bits per heavy atom. The molecule has 30 heavy (non-hydrogen) atoms.